The number of carboxylic acid groups (broad SMARTS) is 1. The largest absolute Gasteiger partial charge is 0.465 e. The molecule has 6 nitrogen and oxygen atoms in total. The van der Waals surface area contributed by atoms with Crippen molar-refractivity contribution in [1.82, 2.24) is 9.80 Å². The highest BCUT2D eigenvalue weighted by molar-refractivity contribution is 6.42. The summed E-state index contributed by atoms with van der Waals surface area (Å²) in [5.74, 6) is -0.110. The fourth-order valence-electron chi connectivity index (χ4n) is 3.77. The molecule has 0 unspecified atom stereocenters. The third-order valence-corrected chi connectivity index (χ3v) is 6.08. The van der Waals surface area contributed by atoms with Crippen molar-refractivity contribution < 1.29 is 19.4 Å². The van der Waals surface area contributed by atoms with E-state index in [9.17, 15) is 14.7 Å². The number of halogens is 2. The quantitative estimate of drug-likeness (QED) is 0.844. The maximum absolute atomic E-state index is 12.9. The first-order valence-corrected chi connectivity index (χ1v) is 9.41. The Morgan fingerprint density at radius 2 is 1.88 bits per heavy atom. The minimum Gasteiger partial charge on any atom is -0.465 e. The van der Waals surface area contributed by atoms with Crippen molar-refractivity contribution in [3.63, 3.8) is 0 Å². The van der Waals surface area contributed by atoms with Crippen molar-refractivity contribution in [2.24, 2.45) is 5.92 Å². The minimum atomic E-state index is -1.01. The van der Waals surface area contributed by atoms with Gasteiger partial charge in [-0.1, -0.05) is 29.3 Å². The van der Waals surface area contributed by atoms with Crippen molar-refractivity contribution in [2.45, 2.75) is 24.8 Å². The van der Waals surface area contributed by atoms with E-state index in [-0.39, 0.29) is 23.8 Å². The summed E-state index contributed by atoms with van der Waals surface area (Å²) in [7, 11) is 1.54. The zero-order valence-corrected chi connectivity index (χ0v) is 16.0. The molecule has 0 saturated carbocycles. The predicted octanol–water partition coefficient (Wildman–Crippen LogP) is 3.32. The Bertz CT molecular complexity index is 694. The molecule has 0 aliphatic carbocycles. The van der Waals surface area contributed by atoms with Crippen LogP contribution in [-0.2, 0) is 9.53 Å². The van der Waals surface area contributed by atoms with Crippen LogP contribution in [0.2, 0.25) is 10.0 Å². The third-order valence-electron chi connectivity index (χ3n) is 5.34. The number of carbonyl (C=O) groups is 2. The molecular formula is C18H22Cl2N2O4. The zero-order valence-electron chi connectivity index (χ0n) is 14.5. The molecule has 2 heterocycles. The minimum absolute atomic E-state index is 0.0490. The second-order valence-corrected chi connectivity index (χ2v) is 7.69. The molecular weight excluding hydrogens is 379 g/mol. The zero-order chi connectivity index (χ0) is 18.8. The Morgan fingerprint density at radius 1 is 1.19 bits per heavy atom. The van der Waals surface area contributed by atoms with Crippen LogP contribution in [0.3, 0.4) is 0 Å². The molecule has 1 aromatic rings. The van der Waals surface area contributed by atoms with Crippen molar-refractivity contribution in [1.29, 1.82) is 0 Å². The molecule has 2 saturated heterocycles. The van der Waals surface area contributed by atoms with E-state index in [0.717, 1.165) is 5.56 Å². The molecule has 1 aromatic carbocycles. The van der Waals surface area contributed by atoms with Crippen LogP contribution >= 0.6 is 23.2 Å². The highest BCUT2D eigenvalue weighted by atomic mass is 35.5. The number of amides is 2. The SMILES string of the molecule is CN(C(=O)O)[C@@H]1CN(C(=O)C2CCOCC2)C[C@H]1c1ccc(Cl)c(Cl)c1. The van der Waals surface area contributed by atoms with Crippen LogP contribution in [0.1, 0.15) is 24.3 Å². The van der Waals surface area contributed by atoms with Crippen molar-refractivity contribution in [2.75, 3.05) is 33.4 Å². The molecule has 0 bridgehead atoms. The molecule has 2 aliphatic heterocycles. The van der Waals surface area contributed by atoms with E-state index in [0.29, 0.717) is 49.2 Å². The normalized spacial score (nSPS) is 23.9. The molecule has 3 rings (SSSR count). The molecule has 2 amide bonds. The number of rotatable bonds is 3. The van der Waals surface area contributed by atoms with Crippen LogP contribution in [0.25, 0.3) is 0 Å². The van der Waals surface area contributed by atoms with Gasteiger partial charge in [0, 0.05) is 45.2 Å². The molecule has 0 radical (unpaired) electrons. The molecule has 2 aliphatic rings. The van der Waals surface area contributed by atoms with Gasteiger partial charge in [-0.25, -0.2) is 4.79 Å². The average Bonchev–Trinajstić information content (AvgIpc) is 3.08. The van der Waals surface area contributed by atoms with Crippen molar-refractivity contribution in [3.8, 4) is 0 Å². The van der Waals surface area contributed by atoms with E-state index in [1.807, 2.05) is 6.07 Å². The fraction of sp³-hybridized carbons (Fsp3) is 0.556. The lowest BCUT2D eigenvalue weighted by atomic mass is 9.93. The van der Waals surface area contributed by atoms with Crippen molar-refractivity contribution in [3.05, 3.63) is 33.8 Å². The maximum Gasteiger partial charge on any atom is 0.407 e. The van der Waals surface area contributed by atoms with Gasteiger partial charge in [-0.05, 0) is 30.5 Å². The number of likely N-dealkylation sites (N-methyl/N-ethyl adjacent to an activating group) is 1. The number of carbonyl (C=O) groups excluding carboxylic acids is 1. The van der Waals surface area contributed by atoms with Crippen LogP contribution in [0, 0.1) is 5.92 Å². The van der Waals surface area contributed by atoms with Gasteiger partial charge in [0.2, 0.25) is 5.91 Å². The van der Waals surface area contributed by atoms with Crippen LogP contribution in [0.5, 0.6) is 0 Å². The first-order chi connectivity index (χ1) is 12.4. The van der Waals surface area contributed by atoms with Crippen LogP contribution in [0.15, 0.2) is 18.2 Å². The van der Waals surface area contributed by atoms with Gasteiger partial charge >= 0.3 is 6.09 Å². The lowest BCUT2D eigenvalue weighted by Crippen LogP contribution is -2.42. The summed E-state index contributed by atoms with van der Waals surface area (Å²) in [6.45, 7) is 2.04. The van der Waals surface area contributed by atoms with Gasteiger partial charge in [0.1, 0.15) is 0 Å². The number of ether oxygens (including phenoxy) is 1. The number of nitrogens with zero attached hydrogens (tertiary/aromatic N) is 2. The molecule has 2 atom stereocenters. The second kappa shape index (κ2) is 8.03. The number of hydrogen-bond donors (Lipinski definition) is 1. The Labute approximate surface area is 162 Å². The molecule has 26 heavy (non-hydrogen) atoms. The average molecular weight is 401 g/mol. The van der Waals surface area contributed by atoms with E-state index in [2.05, 4.69) is 0 Å². The summed E-state index contributed by atoms with van der Waals surface area (Å²) >= 11 is 12.2. The standard InChI is InChI=1S/C18H22Cl2N2O4/c1-21(18(24)25)16-10-22(17(23)11-4-6-26-7-5-11)9-13(16)12-2-3-14(19)15(20)8-12/h2-3,8,11,13,16H,4-7,9-10H2,1H3,(H,24,25)/t13-,16+/m0/s1. The summed E-state index contributed by atoms with van der Waals surface area (Å²) in [6.07, 6.45) is 0.415. The summed E-state index contributed by atoms with van der Waals surface area (Å²) in [4.78, 5) is 27.5. The van der Waals surface area contributed by atoms with Gasteiger partial charge in [0.05, 0.1) is 16.1 Å². The molecule has 8 heteroatoms. The monoisotopic (exact) mass is 400 g/mol. The fourth-order valence-corrected chi connectivity index (χ4v) is 4.08. The maximum atomic E-state index is 12.9. The second-order valence-electron chi connectivity index (χ2n) is 6.87. The number of hydrogen-bond acceptors (Lipinski definition) is 3. The van der Waals surface area contributed by atoms with E-state index >= 15 is 0 Å². The van der Waals surface area contributed by atoms with Crippen LogP contribution in [-0.4, -0.2) is 66.3 Å². The molecule has 2 fully saturated rings. The Kier molecular flexibility index (Phi) is 5.95. The predicted molar refractivity (Wildman–Crippen MR) is 98.9 cm³/mol. The van der Waals surface area contributed by atoms with Gasteiger partial charge < -0.3 is 19.6 Å². The lowest BCUT2D eigenvalue weighted by Gasteiger charge is -2.27. The lowest BCUT2D eigenvalue weighted by molar-refractivity contribution is -0.137. The first kappa shape index (κ1) is 19.3. The Hall–Kier alpha value is -1.50. The van der Waals surface area contributed by atoms with Gasteiger partial charge in [-0.3, -0.25) is 4.79 Å². The summed E-state index contributed by atoms with van der Waals surface area (Å²) in [5, 5.41) is 10.3. The highest BCUT2D eigenvalue weighted by Crippen LogP contribution is 2.35. The Balaban J connectivity index is 1.84. The first-order valence-electron chi connectivity index (χ1n) is 8.65. The summed E-state index contributed by atoms with van der Waals surface area (Å²) < 4.78 is 5.33. The van der Waals surface area contributed by atoms with Crippen LogP contribution in [0.4, 0.5) is 4.79 Å². The topological polar surface area (TPSA) is 70.1 Å². The summed E-state index contributed by atoms with van der Waals surface area (Å²) in [6, 6.07) is 5.00. The molecule has 142 valence electrons. The van der Waals surface area contributed by atoms with Gasteiger partial charge in [-0.2, -0.15) is 0 Å². The van der Waals surface area contributed by atoms with Gasteiger partial charge in [-0.15, -0.1) is 0 Å². The Morgan fingerprint density at radius 3 is 2.50 bits per heavy atom. The van der Waals surface area contributed by atoms with E-state index in [4.69, 9.17) is 27.9 Å². The molecule has 0 aromatic heterocycles. The highest BCUT2D eigenvalue weighted by Gasteiger charge is 2.41. The van der Waals surface area contributed by atoms with E-state index < -0.39 is 6.09 Å². The number of benzene rings is 1. The number of likely N-dealkylation sites (tertiary alicyclic amines) is 1. The summed E-state index contributed by atoms with van der Waals surface area (Å²) in [5.41, 5.74) is 0.889. The van der Waals surface area contributed by atoms with E-state index in [1.165, 1.54) is 4.90 Å². The smallest absolute Gasteiger partial charge is 0.407 e. The van der Waals surface area contributed by atoms with E-state index in [1.54, 1.807) is 24.1 Å². The van der Waals surface area contributed by atoms with Gasteiger partial charge in [0.25, 0.3) is 0 Å². The molecule has 1 N–H and O–H groups in total. The van der Waals surface area contributed by atoms with Crippen molar-refractivity contribution >= 4 is 35.2 Å². The third kappa shape index (κ3) is 3.92. The van der Waals surface area contributed by atoms with Gasteiger partial charge in [0.15, 0.2) is 0 Å². The molecule has 0 spiro atoms. The van der Waals surface area contributed by atoms with Crippen LogP contribution < -0.4 is 0 Å².